The molecule has 6 heteroatoms. The Morgan fingerprint density at radius 3 is 2.46 bits per heavy atom. The van der Waals surface area contributed by atoms with Gasteiger partial charge in [0.05, 0.1) is 17.7 Å². The molecule has 0 radical (unpaired) electrons. The number of methoxy groups -OCH3 is 1. The number of carbonyl (C=O) groups is 1. The molecule has 1 aliphatic carbocycles. The third-order valence-corrected chi connectivity index (χ3v) is 5.98. The van der Waals surface area contributed by atoms with Gasteiger partial charge in [-0.25, -0.2) is 4.79 Å². The maximum absolute atomic E-state index is 12.0. The summed E-state index contributed by atoms with van der Waals surface area (Å²) in [6.07, 6.45) is 3.78. The summed E-state index contributed by atoms with van der Waals surface area (Å²) in [5.74, 6) is 0.739. The van der Waals surface area contributed by atoms with Gasteiger partial charge in [-0.05, 0) is 44.8 Å². The molecule has 0 bridgehead atoms. The van der Waals surface area contributed by atoms with Crippen molar-refractivity contribution < 1.29 is 19.0 Å². The van der Waals surface area contributed by atoms with Gasteiger partial charge in [-0.1, -0.05) is 25.4 Å². The second kappa shape index (κ2) is 7.65. The molecule has 0 amide bonds. The summed E-state index contributed by atoms with van der Waals surface area (Å²) in [5, 5.41) is 0.396. The van der Waals surface area contributed by atoms with E-state index in [1.807, 2.05) is 6.92 Å². The Kier molecular flexibility index (Phi) is 5.68. The van der Waals surface area contributed by atoms with Crippen molar-refractivity contribution in [2.24, 2.45) is 5.92 Å². The number of rotatable bonds is 5. The van der Waals surface area contributed by atoms with Crippen LogP contribution in [-0.4, -0.2) is 43.4 Å². The molecule has 26 heavy (non-hydrogen) atoms. The van der Waals surface area contributed by atoms with E-state index in [4.69, 9.17) is 25.8 Å². The highest BCUT2D eigenvalue weighted by Gasteiger charge is 2.46. The summed E-state index contributed by atoms with van der Waals surface area (Å²) in [6.45, 7) is 9.55. The molecule has 1 heterocycles. The summed E-state index contributed by atoms with van der Waals surface area (Å²) in [6, 6.07) is 1.61. The van der Waals surface area contributed by atoms with Crippen molar-refractivity contribution in [3.8, 4) is 11.5 Å². The van der Waals surface area contributed by atoms with E-state index in [1.165, 1.54) is 7.11 Å². The van der Waals surface area contributed by atoms with E-state index in [1.54, 1.807) is 6.07 Å². The second-order valence-electron chi connectivity index (χ2n) is 7.22. The molecule has 2 aliphatic rings. The number of nitrogens with zero attached hydrogens (tertiary/aromatic N) is 1. The Bertz CT molecular complexity index is 679. The van der Waals surface area contributed by atoms with E-state index in [0.717, 1.165) is 50.9 Å². The van der Waals surface area contributed by atoms with Crippen LogP contribution in [0.3, 0.4) is 0 Å². The van der Waals surface area contributed by atoms with Crippen LogP contribution in [0.25, 0.3) is 0 Å². The standard InChI is InChI=1S/C20H28ClNO4/c1-5-22(6-2)12-14-7-9-20(10-8-14)25-17-13(3)15(19(23)24-4)11-16(21)18(17)26-20/h11,14H,5-10,12H2,1-4H3. The number of hydrogen-bond donors (Lipinski definition) is 0. The first-order chi connectivity index (χ1) is 12.4. The maximum atomic E-state index is 12.0. The van der Waals surface area contributed by atoms with Crippen molar-refractivity contribution >= 4 is 17.6 Å². The van der Waals surface area contributed by atoms with Gasteiger partial charge >= 0.3 is 5.97 Å². The van der Waals surface area contributed by atoms with Crippen LogP contribution in [0.15, 0.2) is 6.07 Å². The summed E-state index contributed by atoms with van der Waals surface area (Å²) in [7, 11) is 1.36. The van der Waals surface area contributed by atoms with Crippen molar-refractivity contribution in [3.05, 3.63) is 22.2 Å². The quantitative estimate of drug-likeness (QED) is 0.706. The molecular formula is C20H28ClNO4. The highest BCUT2D eigenvalue weighted by molar-refractivity contribution is 6.32. The molecule has 0 unspecified atom stereocenters. The molecule has 1 fully saturated rings. The molecule has 3 rings (SSSR count). The topological polar surface area (TPSA) is 48.0 Å². The van der Waals surface area contributed by atoms with Crippen LogP contribution in [0, 0.1) is 12.8 Å². The Labute approximate surface area is 160 Å². The van der Waals surface area contributed by atoms with E-state index in [9.17, 15) is 4.79 Å². The zero-order valence-corrected chi connectivity index (χ0v) is 16.8. The lowest BCUT2D eigenvalue weighted by atomic mass is 9.84. The first kappa shape index (κ1) is 19.3. The van der Waals surface area contributed by atoms with E-state index >= 15 is 0 Å². The number of hydrogen-bond acceptors (Lipinski definition) is 5. The van der Waals surface area contributed by atoms with Crippen LogP contribution in [0.5, 0.6) is 11.5 Å². The lowest BCUT2D eigenvalue weighted by Gasteiger charge is -2.37. The Hall–Kier alpha value is -1.46. The highest BCUT2D eigenvalue weighted by atomic mass is 35.5. The van der Waals surface area contributed by atoms with E-state index in [-0.39, 0.29) is 0 Å². The molecule has 0 aromatic heterocycles. The fourth-order valence-electron chi connectivity index (χ4n) is 3.99. The van der Waals surface area contributed by atoms with Gasteiger partial charge in [0.25, 0.3) is 5.79 Å². The van der Waals surface area contributed by atoms with Gasteiger partial charge in [-0.3, -0.25) is 0 Å². The molecule has 0 N–H and O–H groups in total. The summed E-state index contributed by atoms with van der Waals surface area (Å²) in [5.41, 5.74) is 1.14. The third kappa shape index (κ3) is 3.52. The van der Waals surface area contributed by atoms with Crippen molar-refractivity contribution in [1.82, 2.24) is 4.90 Å². The summed E-state index contributed by atoms with van der Waals surface area (Å²) >= 11 is 6.37. The Morgan fingerprint density at radius 1 is 1.27 bits per heavy atom. The summed E-state index contributed by atoms with van der Waals surface area (Å²) in [4.78, 5) is 14.4. The number of benzene rings is 1. The Morgan fingerprint density at radius 2 is 1.88 bits per heavy atom. The summed E-state index contributed by atoms with van der Waals surface area (Å²) < 4.78 is 17.3. The van der Waals surface area contributed by atoms with Crippen LogP contribution in [0.2, 0.25) is 5.02 Å². The van der Waals surface area contributed by atoms with E-state index in [0.29, 0.717) is 28.0 Å². The highest BCUT2D eigenvalue weighted by Crippen LogP contribution is 2.52. The van der Waals surface area contributed by atoms with Crippen LogP contribution in [-0.2, 0) is 4.74 Å². The Balaban J connectivity index is 1.74. The number of ether oxygens (including phenoxy) is 3. The molecule has 0 atom stereocenters. The minimum absolute atomic E-state index is 0.396. The van der Waals surface area contributed by atoms with Crippen molar-refractivity contribution in [2.75, 3.05) is 26.7 Å². The SMILES string of the molecule is CCN(CC)CC1CCC2(CC1)Oc1c(Cl)cc(C(=O)OC)c(C)c1O2. The molecule has 0 saturated heterocycles. The molecular weight excluding hydrogens is 354 g/mol. The number of carbonyl (C=O) groups excluding carboxylic acids is 1. The lowest BCUT2D eigenvalue weighted by Crippen LogP contribution is -2.44. The minimum Gasteiger partial charge on any atom is -0.465 e. The predicted octanol–water partition coefficient (Wildman–Crippen LogP) is 4.43. The van der Waals surface area contributed by atoms with Crippen molar-refractivity contribution in [2.45, 2.75) is 52.2 Å². The molecule has 1 aromatic carbocycles. The average Bonchev–Trinajstić information content (AvgIpc) is 3.04. The molecule has 1 aliphatic heterocycles. The van der Waals surface area contributed by atoms with Gasteiger partial charge in [-0.15, -0.1) is 0 Å². The molecule has 5 nitrogen and oxygen atoms in total. The first-order valence-electron chi connectivity index (χ1n) is 9.44. The monoisotopic (exact) mass is 381 g/mol. The largest absolute Gasteiger partial charge is 0.465 e. The van der Waals surface area contributed by atoms with Crippen molar-refractivity contribution in [3.63, 3.8) is 0 Å². The zero-order valence-electron chi connectivity index (χ0n) is 16.1. The van der Waals surface area contributed by atoms with Gasteiger partial charge in [0.2, 0.25) is 0 Å². The van der Waals surface area contributed by atoms with Crippen LogP contribution in [0.4, 0.5) is 0 Å². The smallest absolute Gasteiger partial charge is 0.338 e. The van der Waals surface area contributed by atoms with E-state index < -0.39 is 11.8 Å². The molecule has 144 valence electrons. The maximum Gasteiger partial charge on any atom is 0.338 e. The van der Waals surface area contributed by atoms with Gasteiger partial charge in [0.1, 0.15) is 0 Å². The third-order valence-electron chi connectivity index (χ3n) is 5.70. The predicted molar refractivity (Wildman–Crippen MR) is 101 cm³/mol. The second-order valence-corrected chi connectivity index (χ2v) is 7.63. The van der Waals surface area contributed by atoms with E-state index in [2.05, 4.69) is 18.7 Å². The van der Waals surface area contributed by atoms with Crippen LogP contribution in [0.1, 0.15) is 55.5 Å². The van der Waals surface area contributed by atoms with Gasteiger partial charge in [-0.2, -0.15) is 0 Å². The fraction of sp³-hybridized carbons (Fsp3) is 0.650. The number of halogens is 1. The van der Waals surface area contributed by atoms with Crippen molar-refractivity contribution in [1.29, 1.82) is 0 Å². The number of fused-ring (bicyclic) bond motifs is 1. The average molecular weight is 382 g/mol. The number of esters is 1. The zero-order chi connectivity index (χ0) is 18.9. The van der Waals surface area contributed by atoms with Crippen LogP contribution >= 0.6 is 11.6 Å². The lowest BCUT2D eigenvalue weighted by molar-refractivity contribution is -0.115. The molecule has 1 aromatic rings. The first-order valence-corrected chi connectivity index (χ1v) is 9.82. The molecule has 1 saturated carbocycles. The van der Waals surface area contributed by atoms with Gasteiger partial charge in [0, 0.05) is 24.9 Å². The van der Waals surface area contributed by atoms with Crippen LogP contribution < -0.4 is 9.47 Å². The van der Waals surface area contributed by atoms with Gasteiger partial charge in [0.15, 0.2) is 11.5 Å². The fourth-order valence-corrected chi connectivity index (χ4v) is 4.22. The normalized spacial score (nSPS) is 24.3. The molecule has 1 spiro atoms. The van der Waals surface area contributed by atoms with Gasteiger partial charge < -0.3 is 19.1 Å². The minimum atomic E-state index is -0.648.